The molecule has 2 aliphatic carbocycles. The molecular weight excluding hydrogens is 269 g/mol. The van der Waals surface area contributed by atoms with E-state index in [0.29, 0.717) is 6.42 Å². The fraction of sp³-hybridized carbons (Fsp3) is 0.588. The van der Waals surface area contributed by atoms with Crippen molar-refractivity contribution >= 4 is 5.91 Å². The lowest BCUT2D eigenvalue weighted by Crippen LogP contribution is -2.34. The van der Waals surface area contributed by atoms with Crippen LogP contribution in [0.2, 0.25) is 0 Å². The number of carbonyl (C=O) groups is 1. The number of carbonyl (C=O) groups excluding carboxylic acids is 1. The summed E-state index contributed by atoms with van der Waals surface area (Å²) in [5.41, 5.74) is 3.84. The van der Waals surface area contributed by atoms with Gasteiger partial charge in [-0.1, -0.05) is 6.07 Å². The number of rotatable bonds is 4. The highest BCUT2D eigenvalue weighted by molar-refractivity contribution is 5.81. The van der Waals surface area contributed by atoms with Crippen LogP contribution < -0.4 is 10.1 Å². The summed E-state index contributed by atoms with van der Waals surface area (Å²) in [5, 5.41) is 2.77. The first-order chi connectivity index (χ1) is 10.2. The van der Waals surface area contributed by atoms with Crippen molar-refractivity contribution < 1.29 is 13.9 Å². The largest absolute Gasteiger partial charge is 0.493 e. The molecule has 1 N–H and O–H groups in total. The minimum atomic E-state index is -1.39. The Bertz CT molecular complexity index is 582. The van der Waals surface area contributed by atoms with Crippen molar-refractivity contribution in [3.8, 4) is 5.75 Å². The zero-order chi connectivity index (χ0) is 14.4. The summed E-state index contributed by atoms with van der Waals surface area (Å²) in [6.45, 7) is 0.722. The first-order valence-electron chi connectivity index (χ1n) is 7.94. The number of hydrogen-bond donors (Lipinski definition) is 1. The Hall–Kier alpha value is -1.58. The number of alkyl halides is 1. The molecule has 0 aromatic heterocycles. The number of hydrogen-bond acceptors (Lipinski definition) is 2. The number of ether oxygens (including phenoxy) is 1. The van der Waals surface area contributed by atoms with E-state index in [9.17, 15) is 9.18 Å². The lowest BCUT2D eigenvalue weighted by Gasteiger charge is -2.17. The number of fused-ring (bicyclic) bond motifs is 3. The number of benzene rings is 1. The summed E-state index contributed by atoms with van der Waals surface area (Å²) < 4.78 is 19.9. The molecule has 4 rings (SSSR count). The maximum atomic E-state index is 14.2. The summed E-state index contributed by atoms with van der Waals surface area (Å²) in [7, 11) is 0. The molecule has 1 heterocycles. The molecule has 3 aliphatic rings. The van der Waals surface area contributed by atoms with Crippen LogP contribution in [0.3, 0.4) is 0 Å². The van der Waals surface area contributed by atoms with Gasteiger partial charge in [-0.15, -0.1) is 0 Å². The van der Waals surface area contributed by atoms with Gasteiger partial charge >= 0.3 is 0 Å². The molecule has 4 heteroatoms. The molecule has 1 fully saturated rings. The molecule has 1 aliphatic heterocycles. The lowest BCUT2D eigenvalue weighted by molar-refractivity contribution is -0.126. The van der Waals surface area contributed by atoms with Crippen LogP contribution in [-0.2, 0) is 17.6 Å². The second-order valence-electron chi connectivity index (χ2n) is 6.44. The van der Waals surface area contributed by atoms with Crippen LogP contribution in [-0.4, -0.2) is 24.7 Å². The van der Waals surface area contributed by atoms with Crippen LogP contribution in [0.4, 0.5) is 4.39 Å². The van der Waals surface area contributed by atoms with Crippen molar-refractivity contribution in [3.05, 3.63) is 28.8 Å². The van der Waals surface area contributed by atoms with Gasteiger partial charge in [0.25, 0.3) is 5.91 Å². The zero-order valence-corrected chi connectivity index (χ0v) is 12.0. The second kappa shape index (κ2) is 5.00. The maximum absolute atomic E-state index is 14.2. The molecule has 112 valence electrons. The third-order valence-corrected chi connectivity index (χ3v) is 4.88. The molecule has 2 unspecified atom stereocenters. The molecule has 1 amide bonds. The zero-order valence-electron chi connectivity index (χ0n) is 12.0. The number of aryl methyl sites for hydroxylation is 1. The SMILES string of the molecule is O=C(NC1CC1)C(F)CC1CCc2ccc3c(c21)CCO3. The van der Waals surface area contributed by atoms with E-state index in [2.05, 4.69) is 11.4 Å². The normalized spacial score (nSPS) is 24.1. The lowest BCUT2D eigenvalue weighted by atomic mass is 9.90. The van der Waals surface area contributed by atoms with E-state index in [4.69, 9.17) is 4.74 Å². The van der Waals surface area contributed by atoms with Gasteiger partial charge in [-0.2, -0.15) is 0 Å². The monoisotopic (exact) mass is 289 g/mol. The number of nitrogens with one attached hydrogen (secondary N) is 1. The van der Waals surface area contributed by atoms with Crippen molar-refractivity contribution in [2.45, 2.75) is 56.7 Å². The summed E-state index contributed by atoms with van der Waals surface area (Å²) in [4.78, 5) is 11.8. The standard InChI is InChI=1S/C17H20FNO2/c18-14(17(20)19-12-4-5-12)9-11-2-1-10-3-6-15-13(16(10)11)7-8-21-15/h3,6,11-12,14H,1-2,4-5,7-9H2,(H,19,20). The minimum Gasteiger partial charge on any atom is -0.493 e. The first kappa shape index (κ1) is 13.1. The Morgan fingerprint density at radius 3 is 3.00 bits per heavy atom. The molecular formula is C17H20FNO2. The van der Waals surface area contributed by atoms with Crippen molar-refractivity contribution in [2.24, 2.45) is 0 Å². The topological polar surface area (TPSA) is 38.3 Å². The molecule has 1 aromatic rings. The molecule has 0 saturated heterocycles. The highest BCUT2D eigenvalue weighted by Gasteiger charge is 2.34. The van der Waals surface area contributed by atoms with Gasteiger partial charge in [0.15, 0.2) is 6.17 Å². The predicted molar refractivity (Wildman–Crippen MR) is 77.4 cm³/mol. The predicted octanol–water partition coefficient (Wildman–Crippen LogP) is 2.66. The molecule has 3 nitrogen and oxygen atoms in total. The molecule has 21 heavy (non-hydrogen) atoms. The van der Waals surface area contributed by atoms with Crippen LogP contribution in [0.15, 0.2) is 12.1 Å². The molecule has 0 bridgehead atoms. The van der Waals surface area contributed by atoms with Gasteiger partial charge in [0.05, 0.1) is 6.61 Å². The average molecular weight is 289 g/mol. The third kappa shape index (κ3) is 2.41. The third-order valence-electron chi connectivity index (χ3n) is 4.88. The van der Waals surface area contributed by atoms with Gasteiger partial charge in [0.1, 0.15) is 5.75 Å². The van der Waals surface area contributed by atoms with E-state index in [1.54, 1.807) is 0 Å². The Morgan fingerprint density at radius 1 is 1.33 bits per heavy atom. The maximum Gasteiger partial charge on any atom is 0.254 e. The highest BCUT2D eigenvalue weighted by atomic mass is 19.1. The van der Waals surface area contributed by atoms with E-state index < -0.39 is 12.1 Å². The van der Waals surface area contributed by atoms with Crippen molar-refractivity contribution in [3.63, 3.8) is 0 Å². The van der Waals surface area contributed by atoms with E-state index >= 15 is 0 Å². The van der Waals surface area contributed by atoms with Crippen molar-refractivity contribution in [1.29, 1.82) is 0 Å². The molecule has 1 saturated carbocycles. The summed E-state index contributed by atoms with van der Waals surface area (Å²) in [6.07, 6.45) is 3.76. The molecule has 0 radical (unpaired) electrons. The fourth-order valence-corrected chi connectivity index (χ4v) is 3.66. The first-order valence-corrected chi connectivity index (χ1v) is 7.94. The molecule has 0 spiro atoms. The Labute approximate surface area is 123 Å². The van der Waals surface area contributed by atoms with Crippen molar-refractivity contribution in [1.82, 2.24) is 5.32 Å². The van der Waals surface area contributed by atoms with Crippen molar-refractivity contribution in [2.75, 3.05) is 6.61 Å². The molecule has 2 atom stereocenters. The highest BCUT2D eigenvalue weighted by Crippen LogP contribution is 2.43. The second-order valence-corrected chi connectivity index (χ2v) is 6.44. The van der Waals surface area contributed by atoms with Gasteiger partial charge in [-0.05, 0) is 55.2 Å². The van der Waals surface area contributed by atoms with E-state index in [-0.39, 0.29) is 12.0 Å². The van der Waals surface area contributed by atoms with Crippen LogP contribution in [0.5, 0.6) is 5.75 Å². The summed E-state index contributed by atoms with van der Waals surface area (Å²) in [5.74, 6) is 0.699. The van der Waals surface area contributed by atoms with Crippen LogP contribution >= 0.6 is 0 Å². The quantitative estimate of drug-likeness (QED) is 0.925. The van der Waals surface area contributed by atoms with E-state index in [1.165, 1.54) is 16.7 Å². The van der Waals surface area contributed by atoms with Gasteiger partial charge in [-0.25, -0.2) is 4.39 Å². The average Bonchev–Trinajstić information content (AvgIpc) is 3.01. The van der Waals surface area contributed by atoms with Gasteiger partial charge in [-0.3, -0.25) is 4.79 Å². The van der Waals surface area contributed by atoms with E-state index in [1.807, 2.05) is 6.07 Å². The summed E-state index contributed by atoms with van der Waals surface area (Å²) in [6, 6.07) is 4.37. The Kier molecular flexibility index (Phi) is 3.12. The van der Waals surface area contributed by atoms with Gasteiger partial charge < -0.3 is 10.1 Å². The number of amides is 1. The van der Waals surface area contributed by atoms with Gasteiger partial charge in [0.2, 0.25) is 0 Å². The Morgan fingerprint density at radius 2 is 2.19 bits per heavy atom. The van der Waals surface area contributed by atoms with Crippen LogP contribution in [0.25, 0.3) is 0 Å². The molecule has 1 aromatic carbocycles. The van der Waals surface area contributed by atoms with Gasteiger partial charge in [0, 0.05) is 18.0 Å². The summed E-state index contributed by atoms with van der Waals surface area (Å²) >= 11 is 0. The van der Waals surface area contributed by atoms with Crippen LogP contribution in [0.1, 0.15) is 48.3 Å². The van der Waals surface area contributed by atoms with E-state index in [0.717, 1.165) is 44.5 Å². The number of halogens is 1. The Balaban J connectivity index is 1.51. The smallest absolute Gasteiger partial charge is 0.254 e. The fourth-order valence-electron chi connectivity index (χ4n) is 3.66. The van der Waals surface area contributed by atoms with Crippen LogP contribution in [0, 0.1) is 0 Å². The minimum absolute atomic E-state index is 0.164.